The maximum Gasteiger partial charge on any atom is 0.119 e. The van der Waals surface area contributed by atoms with Gasteiger partial charge < -0.3 is 4.98 Å². The number of rotatable bonds is 3. The molecule has 26 heavy (non-hydrogen) atoms. The molecule has 4 aromatic heterocycles. The molecule has 0 saturated carbocycles. The summed E-state index contributed by atoms with van der Waals surface area (Å²) < 4.78 is 0. The van der Waals surface area contributed by atoms with Crippen molar-refractivity contribution in [2.45, 2.75) is 11.8 Å². The van der Waals surface area contributed by atoms with Crippen LogP contribution in [0, 0.1) is 0 Å². The molecule has 2 N–H and O–H groups in total. The fraction of sp³-hybridized carbons (Fsp3) is 0.100. The Kier molecular flexibility index (Phi) is 3.28. The molecule has 0 fully saturated rings. The Hall–Kier alpha value is -3.54. The highest BCUT2D eigenvalue weighted by molar-refractivity contribution is 5.74. The Morgan fingerprint density at radius 1 is 0.923 bits per heavy atom. The molecule has 126 valence electrons. The third kappa shape index (κ3) is 2.19. The van der Waals surface area contributed by atoms with Crippen LogP contribution in [0.25, 0.3) is 17.5 Å². The highest BCUT2D eigenvalue weighted by Crippen LogP contribution is 2.42. The number of aromatic amines is 2. The van der Waals surface area contributed by atoms with Gasteiger partial charge >= 0.3 is 0 Å². The van der Waals surface area contributed by atoms with E-state index in [2.05, 4.69) is 66.6 Å². The van der Waals surface area contributed by atoms with Gasteiger partial charge in [-0.15, -0.1) is 0 Å². The Bertz CT molecular complexity index is 1010. The van der Waals surface area contributed by atoms with Gasteiger partial charge in [-0.3, -0.25) is 15.1 Å². The largest absolute Gasteiger partial charge is 0.351 e. The first-order chi connectivity index (χ1) is 12.9. The first kappa shape index (κ1) is 14.8. The average molecular weight is 340 g/mol. The van der Waals surface area contributed by atoms with Crippen molar-refractivity contribution >= 4 is 6.08 Å². The summed E-state index contributed by atoms with van der Waals surface area (Å²) in [5.41, 5.74) is 6.00. The first-order valence-corrected chi connectivity index (χ1v) is 8.43. The quantitative estimate of drug-likeness (QED) is 0.600. The highest BCUT2D eigenvalue weighted by Gasteiger charge is 2.36. The predicted molar refractivity (Wildman–Crippen MR) is 98.2 cm³/mol. The van der Waals surface area contributed by atoms with Gasteiger partial charge in [-0.25, -0.2) is 4.98 Å². The van der Waals surface area contributed by atoms with Crippen LogP contribution in [0.4, 0.5) is 0 Å². The highest BCUT2D eigenvalue weighted by atomic mass is 15.1. The summed E-state index contributed by atoms with van der Waals surface area (Å²) in [5.74, 6) is 0. The van der Waals surface area contributed by atoms with Crippen LogP contribution in [0.5, 0.6) is 0 Å². The molecule has 0 atom stereocenters. The van der Waals surface area contributed by atoms with E-state index in [0.29, 0.717) is 0 Å². The molecule has 0 bridgehead atoms. The van der Waals surface area contributed by atoms with Crippen molar-refractivity contribution < 1.29 is 0 Å². The van der Waals surface area contributed by atoms with Crippen LogP contribution in [0.2, 0.25) is 0 Å². The van der Waals surface area contributed by atoms with E-state index in [1.807, 2.05) is 31.0 Å². The minimum atomic E-state index is -0.283. The topological polar surface area (TPSA) is 83.1 Å². The zero-order valence-electron chi connectivity index (χ0n) is 13.9. The molecule has 6 heteroatoms. The SMILES string of the molecule is C1=CC(c2ccncc2)(c2ccncc2)Cc2[nH]nc(-c3c[nH]cn3)c21. The van der Waals surface area contributed by atoms with E-state index in [1.54, 1.807) is 6.33 Å². The maximum absolute atomic E-state index is 4.51. The minimum absolute atomic E-state index is 0.283. The molecule has 0 spiro atoms. The lowest BCUT2D eigenvalue weighted by molar-refractivity contribution is 0.619. The maximum atomic E-state index is 4.51. The monoisotopic (exact) mass is 340 g/mol. The number of pyridine rings is 2. The third-order valence-electron chi connectivity index (χ3n) is 5.00. The lowest BCUT2D eigenvalue weighted by Crippen LogP contribution is -2.30. The van der Waals surface area contributed by atoms with E-state index in [-0.39, 0.29) is 5.41 Å². The predicted octanol–water partition coefficient (Wildman–Crippen LogP) is 3.15. The molecule has 5 rings (SSSR count). The zero-order valence-corrected chi connectivity index (χ0v) is 13.9. The summed E-state index contributed by atoms with van der Waals surface area (Å²) >= 11 is 0. The number of nitrogens with zero attached hydrogens (tertiary/aromatic N) is 4. The number of hydrogen-bond donors (Lipinski definition) is 2. The molecule has 0 radical (unpaired) electrons. The second kappa shape index (κ2) is 5.77. The van der Waals surface area contributed by atoms with Crippen molar-refractivity contribution in [2.75, 3.05) is 0 Å². The van der Waals surface area contributed by atoms with Gasteiger partial charge in [-0.05, 0) is 35.4 Å². The molecule has 4 aromatic rings. The summed E-state index contributed by atoms with van der Waals surface area (Å²) in [6.07, 6.45) is 16.1. The fourth-order valence-electron chi connectivity index (χ4n) is 3.71. The molecule has 0 aromatic carbocycles. The normalized spacial score (nSPS) is 14.9. The summed E-state index contributed by atoms with van der Waals surface area (Å²) in [5, 5.41) is 7.73. The second-order valence-electron chi connectivity index (χ2n) is 6.37. The van der Waals surface area contributed by atoms with Crippen LogP contribution in [-0.4, -0.2) is 30.1 Å². The number of fused-ring (bicyclic) bond motifs is 1. The van der Waals surface area contributed by atoms with Gasteiger partial charge in [-0.2, -0.15) is 5.10 Å². The molecule has 1 aliphatic carbocycles. The molecule has 6 nitrogen and oxygen atoms in total. The van der Waals surface area contributed by atoms with Gasteiger partial charge in [0, 0.05) is 54.1 Å². The van der Waals surface area contributed by atoms with E-state index in [4.69, 9.17) is 0 Å². The van der Waals surface area contributed by atoms with Gasteiger partial charge in [0.25, 0.3) is 0 Å². The van der Waals surface area contributed by atoms with Crippen molar-refractivity contribution in [1.82, 2.24) is 30.1 Å². The van der Waals surface area contributed by atoms with Gasteiger partial charge in [0.15, 0.2) is 0 Å². The van der Waals surface area contributed by atoms with Crippen molar-refractivity contribution in [2.24, 2.45) is 0 Å². The summed E-state index contributed by atoms with van der Waals surface area (Å²) in [6.45, 7) is 0. The van der Waals surface area contributed by atoms with Gasteiger partial charge in [0.1, 0.15) is 11.4 Å². The lowest BCUT2D eigenvalue weighted by atomic mass is 9.69. The van der Waals surface area contributed by atoms with Crippen molar-refractivity contribution in [3.05, 3.63) is 90.0 Å². The Balaban J connectivity index is 1.67. The molecular formula is C20H16N6. The summed E-state index contributed by atoms with van der Waals surface area (Å²) in [7, 11) is 0. The van der Waals surface area contributed by atoms with Crippen LogP contribution >= 0.6 is 0 Å². The molecular weight excluding hydrogens is 324 g/mol. The number of allylic oxidation sites excluding steroid dienone is 1. The Labute approximate surface area is 150 Å². The smallest absolute Gasteiger partial charge is 0.119 e. The number of aromatic nitrogens is 6. The van der Waals surface area contributed by atoms with Gasteiger partial charge in [-0.1, -0.05) is 12.2 Å². The number of imidazole rings is 1. The van der Waals surface area contributed by atoms with Crippen LogP contribution in [-0.2, 0) is 11.8 Å². The zero-order chi connectivity index (χ0) is 17.4. The van der Waals surface area contributed by atoms with Crippen molar-refractivity contribution in [1.29, 1.82) is 0 Å². The van der Waals surface area contributed by atoms with Crippen LogP contribution < -0.4 is 0 Å². The van der Waals surface area contributed by atoms with Gasteiger partial charge in [0.05, 0.1) is 6.33 Å². The lowest BCUT2D eigenvalue weighted by Gasteiger charge is -2.34. The van der Waals surface area contributed by atoms with Gasteiger partial charge in [0.2, 0.25) is 0 Å². The van der Waals surface area contributed by atoms with Crippen molar-refractivity contribution in [3.8, 4) is 11.4 Å². The van der Waals surface area contributed by atoms with Crippen LogP contribution in [0.3, 0.4) is 0 Å². The van der Waals surface area contributed by atoms with E-state index in [0.717, 1.165) is 29.1 Å². The van der Waals surface area contributed by atoms with Crippen LogP contribution in [0.1, 0.15) is 22.4 Å². The number of nitrogens with one attached hydrogen (secondary N) is 2. The Morgan fingerprint density at radius 2 is 1.62 bits per heavy atom. The van der Waals surface area contributed by atoms with Crippen LogP contribution in [0.15, 0.2) is 67.7 Å². The minimum Gasteiger partial charge on any atom is -0.351 e. The third-order valence-corrected chi connectivity index (χ3v) is 5.00. The number of H-pyrrole nitrogens is 2. The fourth-order valence-corrected chi connectivity index (χ4v) is 3.71. The summed E-state index contributed by atoms with van der Waals surface area (Å²) in [6, 6.07) is 8.28. The van der Waals surface area contributed by atoms with E-state index in [1.165, 1.54) is 11.1 Å². The van der Waals surface area contributed by atoms with Crippen molar-refractivity contribution in [3.63, 3.8) is 0 Å². The molecule has 4 heterocycles. The molecule has 0 amide bonds. The summed E-state index contributed by atoms with van der Waals surface area (Å²) in [4.78, 5) is 15.7. The first-order valence-electron chi connectivity index (χ1n) is 8.43. The standard InChI is InChI=1S/C20H16N6/c1-6-20(14-2-7-21-8-3-14,15-4-9-22-10-5-15)11-17-16(1)19(26-25-17)18-12-23-13-24-18/h1-10,12-13H,11H2,(H,23,24)(H,25,26). The number of hydrogen-bond acceptors (Lipinski definition) is 4. The average Bonchev–Trinajstić information content (AvgIpc) is 3.38. The Morgan fingerprint density at radius 3 is 2.23 bits per heavy atom. The second-order valence-corrected chi connectivity index (χ2v) is 6.37. The molecule has 1 aliphatic rings. The van der Waals surface area contributed by atoms with E-state index in [9.17, 15) is 0 Å². The van der Waals surface area contributed by atoms with E-state index >= 15 is 0 Å². The molecule has 0 saturated heterocycles. The molecule has 0 aliphatic heterocycles. The molecule has 0 unspecified atom stereocenters. The van der Waals surface area contributed by atoms with E-state index < -0.39 is 0 Å².